The molecule has 1 fully saturated rings. The van der Waals surface area contributed by atoms with E-state index in [1.807, 2.05) is 47.4 Å². The molecule has 4 rings (SSSR count). The fraction of sp³-hybridized carbons (Fsp3) is 0.208. The molecule has 0 radical (unpaired) electrons. The number of amides is 1. The minimum atomic E-state index is 0.124. The van der Waals surface area contributed by atoms with E-state index in [0.29, 0.717) is 0 Å². The lowest BCUT2D eigenvalue weighted by Gasteiger charge is -2.36. The van der Waals surface area contributed by atoms with E-state index in [0.717, 1.165) is 37.3 Å². The van der Waals surface area contributed by atoms with E-state index < -0.39 is 0 Å². The second-order valence-corrected chi connectivity index (χ2v) is 7.01. The van der Waals surface area contributed by atoms with Crippen LogP contribution in [0.5, 0.6) is 0 Å². The van der Waals surface area contributed by atoms with Crippen molar-refractivity contribution < 1.29 is 4.79 Å². The summed E-state index contributed by atoms with van der Waals surface area (Å²) in [6, 6.07) is 26.6. The predicted octanol–water partition coefficient (Wildman–Crippen LogP) is 4.62. The Kier molecular flexibility index (Phi) is 4.93. The second-order valence-electron chi connectivity index (χ2n) is 7.01. The normalized spacial score (nSPS) is 14.3. The SMILES string of the molecule is Cc1ccccc1N1CCN(C(=O)c2ccc(-c3ccccc3)cc2)CC1. The molecule has 0 saturated carbocycles. The summed E-state index contributed by atoms with van der Waals surface area (Å²) in [5.74, 6) is 0.124. The van der Waals surface area contributed by atoms with Crippen LogP contribution < -0.4 is 4.90 Å². The fourth-order valence-electron chi connectivity index (χ4n) is 3.69. The quantitative estimate of drug-likeness (QED) is 0.683. The molecule has 27 heavy (non-hydrogen) atoms. The lowest BCUT2D eigenvalue weighted by Crippen LogP contribution is -2.49. The van der Waals surface area contributed by atoms with Gasteiger partial charge in [0, 0.05) is 37.4 Å². The van der Waals surface area contributed by atoms with Gasteiger partial charge in [-0.25, -0.2) is 0 Å². The molecule has 0 bridgehead atoms. The van der Waals surface area contributed by atoms with E-state index in [2.05, 4.69) is 48.2 Å². The molecule has 1 amide bonds. The molecular weight excluding hydrogens is 332 g/mol. The fourth-order valence-corrected chi connectivity index (χ4v) is 3.69. The van der Waals surface area contributed by atoms with Crippen molar-refractivity contribution in [2.45, 2.75) is 6.92 Å². The third kappa shape index (κ3) is 3.72. The zero-order chi connectivity index (χ0) is 18.6. The lowest BCUT2D eigenvalue weighted by molar-refractivity contribution is 0.0747. The smallest absolute Gasteiger partial charge is 0.253 e. The Hall–Kier alpha value is -3.07. The molecular formula is C24H24N2O. The largest absolute Gasteiger partial charge is 0.368 e. The van der Waals surface area contributed by atoms with Crippen molar-refractivity contribution in [3.05, 3.63) is 90.0 Å². The number of rotatable bonds is 3. The van der Waals surface area contributed by atoms with E-state index in [4.69, 9.17) is 0 Å². The number of piperazine rings is 1. The van der Waals surface area contributed by atoms with Gasteiger partial charge in [0.05, 0.1) is 0 Å². The number of hydrogen-bond donors (Lipinski definition) is 0. The van der Waals surface area contributed by atoms with Gasteiger partial charge >= 0.3 is 0 Å². The van der Waals surface area contributed by atoms with Crippen molar-refractivity contribution in [2.24, 2.45) is 0 Å². The van der Waals surface area contributed by atoms with Crippen LogP contribution in [-0.4, -0.2) is 37.0 Å². The molecule has 0 aromatic heterocycles. The highest BCUT2D eigenvalue weighted by Crippen LogP contribution is 2.23. The average molecular weight is 356 g/mol. The minimum absolute atomic E-state index is 0.124. The van der Waals surface area contributed by atoms with Crippen LogP contribution in [0, 0.1) is 6.92 Å². The molecule has 0 N–H and O–H groups in total. The van der Waals surface area contributed by atoms with Crippen LogP contribution in [0.25, 0.3) is 11.1 Å². The number of benzene rings is 3. The number of nitrogens with zero attached hydrogens (tertiary/aromatic N) is 2. The molecule has 1 aliphatic heterocycles. The van der Waals surface area contributed by atoms with Crippen LogP contribution in [0.3, 0.4) is 0 Å². The van der Waals surface area contributed by atoms with Gasteiger partial charge < -0.3 is 9.80 Å². The van der Waals surface area contributed by atoms with Gasteiger partial charge in [0.25, 0.3) is 5.91 Å². The standard InChI is InChI=1S/C24H24N2O/c1-19-7-5-6-10-23(19)25-15-17-26(18-16-25)24(27)22-13-11-21(12-14-22)20-8-3-2-4-9-20/h2-14H,15-18H2,1H3. The molecule has 3 aromatic carbocycles. The first-order chi connectivity index (χ1) is 13.2. The number of para-hydroxylation sites is 1. The number of hydrogen-bond acceptors (Lipinski definition) is 2. The lowest BCUT2D eigenvalue weighted by atomic mass is 10.0. The van der Waals surface area contributed by atoms with Gasteiger partial charge in [0.1, 0.15) is 0 Å². The van der Waals surface area contributed by atoms with Crippen molar-refractivity contribution in [1.29, 1.82) is 0 Å². The highest BCUT2D eigenvalue weighted by atomic mass is 16.2. The Labute approximate surface area is 160 Å². The first kappa shape index (κ1) is 17.3. The Morgan fingerprint density at radius 1 is 0.704 bits per heavy atom. The van der Waals surface area contributed by atoms with Gasteiger partial charge in [-0.2, -0.15) is 0 Å². The molecule has 0 unspecified atom stereocenters. The van der Waals surface area contributed by atoms with Crippen molar-refractivity contribution in [3.8, 4) is 11.1 Å². The summed E-state index contributed by atoms with van der Waals surface area (Å²) >= 11 is 0. The molecule has 3 aromatic rings. The molecule has 3 nitrogen and oxygen atoms in total. The predicted molar refractivity (Wildman–Crippen MR) is 111 cm³/mol. The van der Waals surface area contributed by atoms with Crippen molar-refractivity contribution in [1.82, 2.24) is 4.90 Å². The van der Waals surface area contributed by atoms with Gasteiger partial charge in [0.2, 0.25) is 0 Å². The summed E-state index contributed by atoms with van der Waals surface area (Å²) < 4.78 is 0. The van der Waals surface area contributed by atoms with Crippen LogP contribution in [-0.2, 0) is 0 Å². The van der Waals surface area contributed by atoms with Gasteiger partial charge in [-0.3, -0.25) is 4.79 Å². The molecule has 1 saturated heterocycles. The summed E-state index contributed by atoms with van der Waals surface area (Å²) in [5.41, 5.74) is 5.63. The summed E-state index contributed by atoms with van der Waals surface area (Å²) in [6.45, 7) is 5.40. The topological polar surface area (TPSA) is 23.6 Å². The van der Waals surface area contributed by atoms with Gasteiger partial charge in [-0.15, -0.1) is 0 Å². The van der Waals surface area contributed by atoms with Crippen molar-refractivity contribution in [3.63, 3.8) is 0 Å². The van der Waals surface area contributed by atoms with E-state index in [-0.39, 0.29) is 5.91 Å². The zero-order valence-corrected chi connectivity index (χ0v) is 15.6. The van der Waals surface area contributed by atoms with E-state index in [1.165, 1.54) is 16.8 Å². The molecule has 0 aliphatic carbocycles. The van der Waals surface area contributed by atoms with Gasteiger partial charge in [0.15, 0.2) is 0 Å². The molecule has 0 atom stereocenters. The number of carbonyl (C=O) groups excluding carboxylic acids is 1. The number of anilines is 1. The number of aryl methyl sites for hydroxylation is 1. The Balaban J connectivity index is 1.41. The van der Waals surface area contributed by atoms with Crippen LogP contribution in [0.4, 0.5) is 5.69 Å². The molecule has 3 heteroatoms. The molecule has 0 spiro atoms. The maximum absolute atomic E-state index is 12.9. The van der Waals surface area contributed by atoms with Crippen LogP contribution >= 0.6 is 0 Å². The Morgan fingerprint density at radius 2 is 1.30 bits per heavy atom. The third-order valence-corrected chi connectivity index (χ3v) is 5.26. The Bertz CT molecular complexity index is 911. The van der Waals surface area contributed by atoms with Gasteiger partial charge in [-0.1, -0.05) is 60.7 Å². The summed E-state index contributed by atoms with van der Waals surface area (Å²) in [5, 5.41) is 0. The first-order valence-corrected chi connectivity index (χ1v) is 9.48. The second kappa shape index (κ2) is 7.67. The van der Waals surface area contributed by atoms with Crippen LogP contribution in [0.1, 0.15) is 15.9 Å². The van der Waals surface area contributed by atoms with E-state index >= 15 is 0 Å². The van der Waals surface area contributed by atoms with E-state index in [9.17, 15) is 4.79 Å². The monoisotopic (exact) mass is 356 g/mol. The maximum Gasteiger partial charge on any atom is 0.253 e. The van der Waals surface area contributed by atoms with Crippen molar-refractivity contribution >= 4 is 11.6 Å². The molecule has 136 valence electrons. The first-order valence-electron chi connectivity index (χ1n) is 9.48. The Morgan fingerprint density at radius 3 is 1.96 bits per heavy atom. The summed E-state index contributed by atoms with van der Waals surface area (Å²) in [4.78, 5) is 17.2. The highest BCUT2D eigenvalue weighted by molar-refractivity contribution is 5.95. The molecule has 1 aliphatic rings. The van der Waals surface area contributed by atoms with Crippen LogP contribution in [0.15, 0.2) is 78.9 Å². The zero-order valence-electron chi connectivity index (χ0n) is 15.6. The summed E-state index contributed by atoms with van der Waals surface area (Å²) in [7, 11) is 0. The number of carbonyl (C=O) groups is 1. The molecule has 1 heterocycles. The van der Waals surface area contributed by atoms with E-state index in [1.54, 1.807) is 0 Å². The average Bonchev–Trinajstić information content (AvgIpc) is 2.74. The summed E-state index contributed by atoms with van der Waals surface area (Å²) in [6.07, 6.45) is 0. The third-order valence-electron chi connectivity index (χ3n) is 5.26. The van der Waals surface area contributed by atoms with Crippen LogP contribution in [0.2, 0.25) is 0 Å². The maximum atomic E-state index is 12.9. The highest BCUT2D eigenvalue weighted by Gasteiger charge is 2.22. The minimum Gasteiger partial charge on any atom is -0.368 e. The van der Waals surface area contributed by atoms with Crippen molar-refractivity contribution in [2.75, 3.05) is 31.1 Å². The van der Waals surface area contributed by atoms with Gasteiger partial charge in [-0.05, 0) is 41.8 Å².